The van der Waals surface area contributed by atoms with Gasteiger partial charge in [0, 0.05) is 29.5 Å². The number of benzene rings is 2. The van der Waals surface area contributed by atoms with Crippen molar-refractivity contribution in [3.8, 4) is 16.9 Å². The summed E-state index contributed by atoms with van der Waals surface area (Å²) in [6.07, 6.45) is 3.30. The number of carbonyl (C=O) groups excluding carboxylic acids is 1. The molecular weight excluding hydrogens is 476 g/mol. The van der Waals surface area contributed by atoms with Gasteiger partial charge in [-0.15, -0.1) is 0 Å². The molecular formula is C31H36N4O3. The molecule has 2 N–H and O–H groups in total. The first-order chi connectivity index (χ1) is 18.1. The molecule has 4 rings (SSSR count). The summed E-state index contributed by atoms with van der Waals surface area (Å²) in [4.78, 5) is 35.4. The normalized spacial score (nSPS) is 11.4. The largest absolute Gasteiger partial charge is 0.497 e. The zero-order chi connectivity index (χ0) is 27.6. The first kappa shape index (κ1) is 26.9. The highest BCUT2D eigenvalue weighted by Crippen LogP contribution is 2.38. The lowest BCUT2D eigenvalue weighted by molar-refractivity contribution is 0.255. The third-order valence-corrected chi connectivity index (χ3v) is 6.70. The smallest absolute Gasteiger partial charge is 0.326 e. The van der Waals surface area contributed by atoms with Gasteiger partial charge in [0.15, 0.2) is 0 Å². The second-order valence-electron chi connectivity index (χ2n) is 10.4. The minimum absolute atomic E-state index is 0.149. The van der Waals surface area contributed by atoms with Crippen LogP contribution in [0.2, 0.25) is 0 Å². The van der Waals surface area contributed by atoms with Crippen molar-refractivity contribution in [2.24, 2.45) is 0 Å². The summed E-state index contributed by atoms with van der Waals surface area (Å²) in [7, 11) is 1.66. The molecule has 0 saturated heterocycles. The molecule has 2 heterocycles. The van der Waals surface area contributed by atoms with Crippen molar-refractivity contribution >= 4 is 28.3 Å². The first-order valence-corrected chi connectivity index (χ1v) is 13.0. The van der Waals surface area contributed by atoms with Crippen LogP contribution in [0.1, 0.15) is 64.5 Å². The minimum atomic E-state index is -0.355. The number of H-pyrrole nitrogens is 1. The molecule has 0 aliphatic carbocycles. The average Bonchev–Trinajstić information content (AvgIpc) is 2.88. The van der Waals surface area contributed by atoms with Gasteiger partial charge >= 0.3 is 6.03 Å². The molecule has 4 aromatic rings. The SMILES string of the molecule is COc1cccc(-c2cc(C(C)C)c(NC(=O)N(c3cc4cnccc4[nH]c3=O)C(C)C)c(C(C)C)c2)c1. The molecule has 0 unspecified atom stereocenters. The fourth-order valence-corrected chi connectivity index (χ4v) is 4.71. The molecule has 0 saturated carbocycles. The van der Waals surface area contributed by atoms with Gasteiger partial charge in [0.05, 0.1) is 12.6 Å². The van der Waals surface area contributed by atoms with Crippen molar-refractivity contribution < 1.29 is 9.53 Å². The van der Waals surface area contributed by atoms with Gasteiger partial charge < -0.3 is 15.0 Å². The Labute approximate surface area is 223 Å². The van der Waals surface area contributed by atoms with Crippen molar-refractivity contribution in [1.82, 2.24) is 9.97 Å². The van der Waals surface area contributed by atoms with Crippen LogP contribution in [0.4, 0.5) is 16.2 Å². The number of aromatic nitrogens is 2. The molecule has 2 aromatic carbocycles. The third kappa shape index (κ3) is 5.42. The number of rotatable bonds is 7. The van der Waals surface area contributed by atoms with E-state index in [1.807, 2.05) is 32.0 Å². The number of nitrogens with one attached hydrogen (secondary N) is 2. The average molecular weight is 513 g/mol. The summed E-state index contributed by atoms with van der Waals surface area (Å²) in [5, 5.41) is 3.95. The van der Waals surface area contributed by atoms with E-state index in [4.69, 9.17) is 4.74 Å². The molecule has 2 aromatic heterocycles. The maximum absolute atomic E-state index is 13.9. The molecule has 0 atom stereocenters. The Morgan fingerprint density at radius 3 is 2.24 bits per heavy atom. The maximum atomic E-state index is 13.9. The topological polar surface area (TPSA) is 87.3 Å². The molecule has 7 heteroatoms. The van der Waals surface area contributed by atoms with Crippen molar-refractivity contribution in [3.63, 3.8) is 0 Å². The fraction of sp³-hybridized carbons (Fsp3) is 0.323. The summed E-state index contributed by atoms with van der Waals surface area (Å²) < 4.78 is 5.44. The molecule has 0 aliphatic rings. The van der Waals surface area contributed by atoms with E-state index in [-0.39, 0.29) is 35.2 Å². The van der Waals surface area contributed by atoms with Crippen molar-refractivity contribution in [3.05, 3.63) is 82.4 Å². The number of anilines is 2. The predicted octanol–water partition coefficient (Wildman–Crippen LogP) is 7.29. The van der Waals surface area contributed by atoms with Gasteiger partial charge in [0.2, 0.25) is 0 Å². The summed E-state index contributed by atoms with van der Waals surface area (Å²) >= 11 is 0. The van der Waals surface area contributed by atoms with Crippen LogP contribution in [0.3, 0.4) is 0 Å². The van der Waals surface area contributed by atoms with Crippen LogP contribution in [0.15, 0.2) is 65.7 Å². The Hall–Kier alpha value is -4.13. The van der Waals surface area contributed by atoms with Crippen LogP contribution in [0.25, 0.3) is 22.0 Å². The second-order valence-corrected chi connectivity index (χ2v) is 10.4. The first-order valence-electron chi connectivity index (χ1n) is 13.0. The van der Waals surface area contributed by atoms with Gasteiger partial charge in [0.25, 0.3) is 5.56 Å². The number of carbonyl (C=O) groups is 1. The highest BCUT2D eigenvalue weighted by molar-refractivity contribution is 6.04. The molecule has 0 fully saturated rings. The molecule has 0 bridgehead atoms. The lowest BCUT2D eigenvalue weighted by atomic mass is 9.88. The maximum Gasteiger partial charge on any atom is 0.326 e. The van der Waals surface area contributed by atoms with Crippen LogP contribution >= 0.6 is 0 Å². The Morgan fingerprint density at radius 1 is 0.947 bits per heavy atom. The van der Waals surface area contributed by atoms with Crippen LogP contribution in [-0.4, -0.2) is 29.2 Å². The van der Waals surface area contributed by atoms with Gasteiger partial charge in [-0.2, -0.15) is 0 Å². The molecule has 7 nitrogen and oxygen atoms in total. The Balaban J connectivity index is 1.81. The monoisotopic (exact) mass is 512 g/mol. The van der Waals surface area contributed by atoms with E-state index in [0.29, 0.717) is 5.52 Å². The van der Waals surface area contributed by atoms with Gasteiger partial charge in [-0.1, -0.05) is 39.8 Å². The number of aromatic amines is 1. The Morgan fingerprint density at radius 2 is 1.63 bits per heavy atom. The van der Waals surface area contributed by atoms with Crippen molar-refractivity contribution in [1.29, 1.82) is 0 Å². The van der Waals surface area contributed by atoms with Gasteiger partial charge in [-0.3, -0.25) is 14.7 Å². The fourth-order valence-electron chi connectivity index (χ4n) is 4.71. The summed E-state index contributed by atoms with van der Waals surface area (Å²) in [6.45, 7) is 12.3. The number of amides is 2. The lowest BCUT2D eigenvalue weighted by Gasteiger charge is -2.29. The van der Waals surface area contributed by atoms with Gasteiger partial charge in [-0.25, -0.2) is 4.79 Å². The molecule has 0 radical (unpaired) electrons. The predicted molar refractivity (Wildman–Crippen MR) is 156 cm³/mol. The number of urea groups is 1. The zero-order valence-corrected chi connectivity index (χ0v) is 23.1. The highest BCUT2D eigenvalue weighted by atomic mass is 16.5. The van der Waals surface area contributed by atoms with Crippen LogP contribution < -0.4 is 20.5 Å². The van der Waals surface area contributed by atoms with Crippen LogP contribution in [0, 0.1) is 0 Å². The summed E-state index contributed by atoms with van der Waals surface area (Å²) in [5.41, 5.74) is 5.59. The number of hydrogen-bond donors (Lipinski definition) is 2. The van der Waals surface area contributed by atoms with Gasteiger partial charge in [-0.05, 0) is 84.3 Å². The quantitative estimate of drug-likeness (QED) is 0.272. The van der Waals surface area contributed by atoms with E-state index >= 15 is 0 Å². The highest BCUT2D eigenvalue weighted by Gasteiger charge is 2.26. The minimum Gasteiger partial charge on any atom is -0.497 e. The van der Waals surface area contributed by atoms with E-state index in [1.165, 1.54) is 4.90 Å². The molecule has 0 aliphatic heterocycles. The summed E-state index contributed by atoms with van der Waals surface area (Å²) in [5.74, 6) is 1.09. The molecule has 2 amide bonds. The number of hydrogen-bond acceptors (Lipinski definition) is 4. The lowest BCUT2D eigenvalue weighted by Crippen LogP contribution is -2.43. The van der Waals surface area contributed by atoms with Crippen LogP contribution in [-0.2, 0) is 0 Å². The van der Waals surface area contributed by atoms with E-state index in [2.05, 4.69) is 61.2 Å². The number of pyridine rings is 2. The Bertz CT molecular complexity index is 1490. The third-order valence-electron chi connectivity index (χ3n) is 6.70. The zero-order valence-electron chi connectivity index (χ0n) is 23.1. The number of methoxy groups -OCH3 is 1. The molecule has 198 valence electrons. The van der Waals surface area contributed by atoms with Crippen LogP contribution in [0.5, 0.6) is 5.75 Å². The van der Waals surface area contributed by atoms with Crippen molar-refractivity contribution in [2.45, 2.75) is 59.4 Å². The summed E-state index contributed by atoms with van der Waals surface area (Å²) in [6, 6.07) is 15.1. The van der Waals surface area contributed by atoms with E-state index < -0.39 is 0 Å². The van der Waals surface area contributed by atoms with E-state index in [1.54, 1.807) is 31.6 Å². The van der Waals surface area contributed by atoms with Gasteiger partial charge in [0.1, 0.15) is 11.4 Å². The molecule has 38 heavy (non-hydrogen) atoms. The standard InChI is InChI=1S/C31H36N4O3/c1-18(2)25-14-22(21-9-8-10-24(13-21)38-7)15-26(19(3)4)29(25)34-31(37)35(20(5)6)28-16-23-17-32-12-11-27(23)33-30(28)36/h8-20H,1-7H3,(H,33,36)(H,34,37). The van der Waals surface area contributed by atoms with Crippen molar-refractivity contribution in [2.75, 3.05) is 17.3 Å². The number of fused-ring (bicyclic) bond motifs is 1. The van der Waals surface area contributed by atoms with E-state index in [9.17, 15) is 9.59 Å². The second kappa shape index (κ2) is 11.1. The Kier molecular flexibility index (Phi) is 7.86. The number of ether oxygens (including phenoxy) is 1. The van der Waals surface area contributed by atoms with E-state index in [0.717, 1.165) is 39.1 Å². The number of nitrogens with zero attached hydrogens (tertiary/aromatic N) is 2. The molecule has 0 spiro atoms.